The number of benzene rings is 2. The Hall–Kier alpha value is -3.11. The molecule has 8 nitrogen and oxygen atoms in total. The Kier molecular flexibility index (Phi) is 7.26. The van der Waals surface area contributed by atoms with E-state index >= 15 is 0 Å². The van der Waals surface area contributed by atoms with Crippen LogP contribution < -0.4 is 19.5 Å². The van der Waals surface area contributed by atoms with Gasteiger partial charge in [-0.25, -0.2) is 13.4 Å². The molecule has 0 aliphatic heterocycles. The topological polar surface area (TPSA) is 107 Å². The lowest BCUT2D eigenvalue weighted by Crippen LogP contribution is -2.14. The van der Waals surface area contributed by atoms with Crippen molar-refractivity contribution in [2.75, 3.05) is 23.8 Å². The first-order valence-electron chi connectivity index (χ1n) is 9.06. The van der Waals surface area contributed by atoms with Gasteiger partial charge in [-0.2, -0.15) is 0 Å². The monoisotopic (exact) mass is 447 g/mol. The summed E-state index contributed by atoms with van der Waals surface area (Å²) in [5, 5.41) is 4.72. The first-order chi connectivity index (χ1) is 14.5. The van der Waals surface area contributed by atoms with Crippen molar-refractivity contribution in [2.24, 2.45) is 0 Å². The Labute approximate surface area is 178 Å². The minimum Gasteiger partial charge on any atom is -0.493 e. The molecular weight excluding hydrogens is 426 g/mol. The van der Waals surface area contributed by atoms with Crippen LogP contribution in [-0.2, 0) is 14.8 Å². The molecule has 0 radical (unpaired) electrons. The minimum atomic E-state index is -3.72. The Balaban J connectivity index is 1.46. The summed E-state index contributed by atoms with van der Waals surface area (Å²) in [7, 11) is -2.15. The van der Waals surface area contributed by atoms with E-state index < -0.39 is 10.0 Å². The Morgan fingerprint density at radius 2 is 1.83 bits per heavy atom. The van der Waals surface area contributed by atoms with E-state index in [1.807, 2.05) is 12.1 Å². The molecule has 0 aliphatic carbocycles. The molecule has 3 rings (SSSR count). The number of rotatable bonds is 10. The highest BCUT2D eigenvalue weighted by molar-refractivity contribution is 7.93. The van der Waals surface area contributed by atoms with E-state index in [1.165, 1.54) is 29.7 Å². The SMILES string of the molecule is COc1ccccc1OCCCC(=O)Nc1ccc(S(=O)(=O)Nc2nccs2)cc1. The van der Waals surface area contributed by atoms with Crippen molar-refractivity contribution in [1.82, 2.24) is 4.98 Å². The fourth-order valence-corrected chi connectivity index (χ4v) is 4.33. The zero-order chi connectivity index (χ0) is 21.4. The zero-order valence-corrected chi connectivity index (χ0v) is 17.8. The number of para-hydroxylation sites is 2. The van der Waals surface area contributed by atoms with Crippen LogP contribution in [0.1, 0.15) is 12.8 Å². The third-order valence-electron chi connectivity index (χ3n) is 3.98. The smallest absolute Gasteiger partial charge is 0.263 e. The third kappa shape index (κ3) is 5.94. The van der Waals surface area contributed by atoms with Crippen molar-refractivity contribution in [3.8, 4) is 11.5 Å². The highest BCUT2D eigenvalue weighted by Crippen LogP contribution is 2.26. The van der Waals surface area contributed by atoms with Crippen molar-refractivity contribution in [1.29, 1.82) is 0 Å². The van der Waals surface area contributed by atoms with E-state index in [2.05, 4.69) is 15.0 Å². The molecule has 2 N–H and O–H groups in total. The van der Waals surface area contributed by atoms with Crippen LogP contribution in [0.25, 0.3) is 0 Å². The molecule has 0 fully saturated rings. The van der Waals surface area contributed by atoms with Gasteiger partial charge in [0.05, 0.1) is 18.6 Å². The first-order valence-corrected chi connectivity index (χ1v) is 11.4. The van der Waals surface area contributed by atoms with Gasteiger partial charge in [-0.05, 0) is 42.8 Å². The summed E-state index contributed by atoms with van der Waals surface area (Å²) < 4.78 is 37.9. The number of thiazole rings is 1. The summed E-state index contributed by atoms with van der Waals surface area (Å²) >= 11 is 1.19. The molecule has 3 aromatic rings. The predicted octanol–water partition coefficient (Wildman–Crippen LogP) is 3.75. The van der Waals surface area contributed by atoms with E-state index in [0.29, 0.717) is 35.3 Å². The number of carbonyl (C=O) groups is 1. The van der Waals surface area contributed by atoms with E-state index in [1.54, 1.807) is 36.8 Å². The first kappa shape index (κ1) is 21.6. The predicted molar refractivity (Wildman–Crippen MR) is 116 cm³/mol. The summed E-state index contributed by atoms with van der Waals surface area (Å²) in [5.41, 5.74) is 0.513. The minimum absolute atomic E-state index is 0.0842. The standard InChI is InChI=1S/C20H21N3O5S2/c1-27-17-5-2-3-6-18(17)28-13-4-7-19(24)22-15-8-10-16(11-9-15)30(25,26)23-20-21-12-14-29-20/h2-3,5-6,8-12,14H,4,7,13H2,1H3,(H,21,23)(H,22,24). The van der Waals surface area contributed by atoms with Gasteiger partial charge in [0, 0.05) is 23.7 Å². The second-order valence-corrected chi connectivity index (χ2v) is 8.70. The molecule has 0 unspecified atom stereocenters. The number of hydrogen-bond donors (Lipinski definition) is 2. The van der Waals surface area contributed by atoms with Crippen molar-refractivity contribution in [3.05, 3.63) is 60.1 Å². The molecule has 158 valence electrons. The molecule has 1 amide bonds. The summed E-state index contributed by atoms with van der Waals surface area (Å²) in [6.07, 6.45) is 2.30. The molecule has 30 heavy (non-hydrogen) atoms. The van der Waals surface area contributed by atoms with Gasteiger partial charge in [-0.15, -0.1) is 11.3 Å². The van der Waals surface area contributed by atoms with Crippen molar-refractivity contribution < 1.29 is 22.7 Å². The van der Waals surface area contributed by atoms with Gasteiger partial charge in [0.25, 0.3) is 10.0 Å². The van der Waals surface area contributed by atoms with Crippen LogP contribution in [-0.4, -0.2) is 33.0 Å². The van der Waals surface area contributed by atoms with Gasteiger partial charge in [-0.3, -0.25) is 9.52 Å². The second kappa shape index (κ2) is 10.1. The molecule has 0 aliphatic rings. The molecule has 1 aromatic heterocycles. The van der Waals surface area contributed by atoms with Gasteiger partial charge in [0.2, 0.25) is 5.91 Å². The summed E-state index contributed by atoms with van der Waals surface area (Å²) in [6, 6.07) is 13.2. The number of nitrogens with one attached hydrogen (secondary N) is 2. The molecule has 10 heteroatoms. The van der Waals surface area contributed by atoms with E-state index in [4.69, 9.17) is 9.47 Å². The highest BCUT2D eigenvalue weighted by Gasteiger charge is 2.15. The number of anilines is 2. The molecule has 0 spiro atoms. The maximum Gasteiger partial charge on any atom is 0.263 e. The summed E-state index contributed by atoms with van der Waals surface area (Å²) in [6.45, 7) is 0.368. The number of ether oxygens (including phenoxy) is 2. The number of sulfonamides is 1. The lowest BCUT2D eigenvalue weighted by molar-refractivity contribution is -0.116. The van der Waals surface area contributed by atoms with Gasteiger partial charge in [0.1, 0.15) is 0 Å². The largest absolute Gasteiger partial charge is 0.493 e. The lowest BCUT2D eigenvalue weighted by Gasteiger charge is -2.10. The fourth-order valence-electron chi connectivity index (χ4n) is 2.54. The number of hydrogen-bond acceptors (Lipinski definition) is 7. The van der Waals surface area contributed by atoms with Crippen LogP contribution in [0.2, 0.25) is 0 Å². The molecule has 0 saturated heterocycles. The number of carbonyl (C=O) groups excluding carboxylic acids is 1. The number of amides is 1. The molecule has 0 atom stereocenters. The lowest BCUT2D eigenvalue weighted by atomic mass is 10.2. The Morgan fingerprint density at radius 1 is 1.10 bits per heavy atom. The quantitative estimate of drug-likeness (QED) is 0.459. The molecule has 0 saturated carbocycles. The van der Waals surface area contributed by atoms with E-state index in [0.717, 1.165) is 0 Å². The number of nitrogens with zero attached hydrogens (tertiary/aromatic N) is 1. The fraction of sp³-hybridized carbons (Fsp3) is 0.200. The molecule has 2 aromatic carbocycles. The van der Waals surface area contributed by atoms with Crippen LogP contribution in [0.4, 0.5) is 10.8 Å². The van der Waals surface area contributed by atoms with Gasteiger partial charge < -0.3 is 14.8 Å². The highest BCUT2D eigenvalue weighted by atomic mass is 32.2. The van der Waals surface area contributed by atoms with Crippen LogP contribution >= 0.6 is 11.3 Å². The van der Waals surface area contributed by atoms with Gasteiger partial charge >= 0.3 is 0 Å². The van der Waals surface area contributed by atoms with Crippen LogP contribution in [0.15, 0.2) is 65.0 Å². The molecular formula is C20H21N3O5S2. The van der Waals surface area contributed by atoms with Crippen LogP contribution in [0, 0.1) is 0 Å². The zero-order valence-electron chi connectivity index (χ0n) is 16.2. The third-order valence-corrected chi connectivity index (χ3v) is 6.15. The average Bonchev–Trinajstić information content (AvgIpc) is 3.24. The normalized spacial score (nSPS) is 11.0. The summed E-state index contributed by atoms with van der Waals surface area (Å²) in [4.78, 5) is 16.1. The van der Waals surface area contributed by atoms with Crippen LogP contribution in [0.3, 0.4) is 0 Å². The second-order valence-electron chi connectivity index (χ2n) is 6.12. The molecule has 0 bridgehead atoms. The summed E-state index contributed by atoms with van der Waals surface area (Å²) in [5.74, 6) is 1.08. The maximum absolute atomic E-state index is 12.3. The van der Waals surface area contributed by atoms with E-state index in [-0.39, 0.29) is 17.2 Å². The number of methoxy groups -OCH3 is 1. The maximum atomic E-state index is 12.3. The number of aromatic nitrogens is 1. The van der Waals surface area contributed by atoms with Crippen molar-refractivity contribution >= 4 is 38.1 Å². The van der Waals surface area contributed by atoms with Crippen molar-refractivity contribution in [3.63, 3.8) is 0 Å². The van der Waals surface area contributed by atoms with Crippen molar-refractivity contribution in [2.45, 2.75) is 17.7 Å². The average molecular weight is 448 g/mol. The van der Waals surface area contributed by atoms with Crippen LogP contribution in [0.5, 0.6) is 11.5 Å². The molecule has 1 heterocycles. The van der Waals surface area contributed by atoms with Gasteiger partial charge in [-0.1, -0.05) is 12.1 Å². The Bertz CT molecular complexity index is 1070. The van der Waals surface area contributed by atoms with E-state index in [9.17, 15) is 13.2 Å². The van der Waals surface area contributed by atoms with Gasteiger partial charge in [0.15, 0.2) is 16.6 Å². The Morgan fingerprint density at radius 3 is 2.50 bits per heavy atom.